The van der Waals surface area contributed by atoms with Crippen molar-refractivity contribution in [2.24, 2.45) is 0 Å². The van der Waals surface area contributed by atoms with Crippen LogP contribution in [0.5, 0.6) is 0 Å². The third kappa shape index (κ3) is 4.48. The van der Waals surface area contributed by atoms with Crippen molar-refractivity contribution in [3.8, 4) is 0 Å². The summed E-state index contributed by atoms with van der Waals surface area (Å²) in [5.41, 5.74) is 0.902. The van der Waals surface area contributed by atoms with Crippen molar-refractivity contribution in [2.45, 2.75) is 44.4 Å². The van der Waals surface area contributed by atoms with Crippen molar-refractivity contribution in [3.63, 3.8) is 0 Å². The Labute approximate surface area is 168 Å². The summed E-state index contributed by atoms with van der Waals surface area (Å²) in [4.78, 5) is 28.8. The van der Waals surface area contributed by atoms with Gasteiger partial charge in [-0.15, -0.1) is 0 Å². The van der Waals surface area contributed by atoms with E-state index in [1.165, 1.54) is 35.5 Å². The van der Waals surface area contributed by atoms with Crippen LogP contribution in [0.15, 0.2) is 29.2 Å². The molecule has 150 valence electrons. The number of nitrogens with zero attached hydrogens (tertiary/aromatic N) is 2. The molecule has 1 aromatic carbocycles. The van der Waals surface area contributed by atoms with Crippen LogP contribution in [0.4, 0.5) is 5.13 Å². The Balaban J connectivity index is 1.73. The van der Waals surface area contributed by atoms with Crippen LogP contribution >= 0.6 is 11.3 Å². The van der Waals surface area contributed by atoms with E-state index < -0.39 is 15.9 Å². The summed E-state index contributed by atoms with van der Waals surface area (Å²) in [6.07, 6.45) is 3.84. The number of Topliss-reactive ketones (excluding diaryl/α,β-unsaturated/α-hetero) is 1. The molecule has 0 spiro atoms. The number of hydrogen-bond acceptors (Lipinski definition) is 6. The fraction of sp³-hybridized carbons (Fsp3) is 0.421. The molecule has 2 heterocycles. The lowest BCUT2D eigenvalue weighted by molar-refractivity contribution is 0.101. The van der Waals surface area contributed by atoms with Crippen molar-refractivity contribution in [1.29, 1.82) is 0 Å². The largest absolute Gasteiger partial charge is 0.298 e. The molecule has 1 saturated heterocycles. The van der Waals surface area contributed by atoms with Gasteiger partial charge in [-0.25, -0.2) is 13.4 Å². The van der Waals surface area contributed by atoms with Gasteiger partial charge in [-0.3, -0.25) is 14.9 Å². The van der Waals surface area contributed by atoms with Crippen molar-refractivity contribution >= 4 is 38.2 Å². The second kappa shape index (κ2) is 8.50. The Morgan fingerprint density at radius 2 is 1.68 bits per heavy atom. The first-order chi connectivity index (χ1) is 13.3. The molecule has 1 aliphatic heterocycles. The topological polar surface area (TPSA) is 96.4 Å². The molecule has 7 nitrogen and oxygen atoms in total. The number of aryl methyl sites for hydroxylation is 1. The number of ketones is 1. The fourth-order valence-corrected chi connectivity index (χ4v) is 5.53. The molecule has 0 saturated carbocycles. The zero-order valence-corrected chi connectivity index (χ0v) is 17.5. The first kappa shape index (κ1) is 20.6. The Morgan fingerprint density at radius 1 is 1.07 bits per heavy atom. The summed E-state index contributed by atoms with van der Waals surface area (Å²) < 4.78 is 27.1. The van der Waals surface area contributed by atoms with Crippen LogP contribution in [0.1, 0.15) is 58.3 Å². The van der Waals surface area contributed by atoms with E-state index >= 15 is 0 Å². The minimum absolute atomic E-state index is 0.0985. The number of hydrogen-bond donors (Lipinski definition) is 1. The summed E-state index contributed by atoms with van der Waals surface area (Å²) in [6.45, 7) is 4.24. The highest BCUT2D eigenvalue weighted by atomic mass is 32.2. The van der Waals surface area contributed by atoms with Gasteiger partial charge in [-0.05, 0) is 44.0 Å². The van der Waals surface area contributed by atoms with Crippen molar-refractivity contribution < 1.29 is 18.0 Å². The second-order valence-corrected chi connectivity index (χ2v) is 9.72. The number of nitrogens with one attached hydrogen (secondary N) is 1. The molecular weight excluding hydrogens is 398 g/mol. The molecule has 9 heteroatoms. The molecule has 1 aromatic heterocycles. The van der Waals surface area contributed by atoms with E-state index in [9.17, 15) is 18.0 Å². The molecule has 1 aliphatic rings. The van der Waals surface area contributed by atoms with Crippen LogP contribution < -0.4 is 5.32 Å². The van der Waals surface area contributed by atoms with Crippen LogP contribution in [0.2, 0.25) is 0 Å². The number of thiazole rings is 1. The standard InChI is InChI=1S/C19H23N3O4S2/c1-13-17(14(2)23)27-19(20-13)21-18(24)15-7-9-16(10-8-15)28(25,26)22-11-5-3-4-6-12-22/h7-10H,3-6,11-12H2,1-2H3,(H,20,21,24). The highest BCUT2D eigenvalue weighted by Gasteiger charge is 2.25. The molecule has 28 heavy (non-hydrogen) atoms. The quantitative estimate of drug-likeness (QED) is 0.746. The molecule has 0 unspecified atom stereocenters. The summed E-state index contributed by atoms with van der Waals surface area (Å²) in [6, 6.07) is 5.91. The maximum Gasteiger partial charge on any atom is 0.257 e. The number of benzene rings is 1. The van der Waals surface area contributed by atoms with Crippen LogP contribution in [-0.2, 0) is 10.0 Å². The number of rotatable bonds is 5. The molecule has 1 amide bonds. The van der Waals surface area contributed by atoms with Crippen molar-refractivity contribution in [3.05, 3.63) is 40.4 Å². The normalized spacial score (nSPS) is 15.8. The molecule has 2 aromatic rings. The summed E-state index contributed by atoms with van der Waals surface area (Å²) in [5, 5.41) is 3.00. The molecule has 0 aliphatic carbocycles. The van der Waals surface area contributed by atoms with Gasteiger partial charge in [0, 0.05) is 25.6 Å². The predicted octanol–water partition coefficient (Wildman–Crippen LogP) is 3.47. The first-order valence-electron chi connectivity index (χ1n) is 9.19. The lowest BCUT2D eigenvalue weighted by atomic mass is 10.2. The average molecular weight is 422 g/mol. The molecule has 0 bridgehead atoms. The number of aromatic nitrogens is 1. The lowest BCUT2D eigenvalue weighted by Gasteiger charge is -2.20. The molecule has 1 fully saturated rings. The minimum Gasteiger partial charge on any atom is -0.298 e. The lowest BCUT2D eigenvalue weighted by Crippen LogP contribution is -2.31. The average Bonchev–Trinajstić information content (AvgIpc) is 2.86. The van der Waals surface area contributed by atoms with Crippen LogP contribution in [0, 0.1) is 6.92 Å². The van der Waals surface area contributed by atoms with Gasteiger partial charge in [0.05, 0.1) is 15.5 Å². The van der Waals surface area contributed by atoms with E-state index in [0.29, 0.717) is 34.4 Å². The number of carbonyl (C=O) groups is 2. The molecular formula is C19H23N3O4S2. The van der Waals surface area contributed by atoms with E-state index in [4.69, 9.17) is 0 Å². The zero-order valence-electron chi connectivity index (χ0n) is 15.9. The van der Waals surface area contributed by atoms with Gasteiger partial charge in [-0.1, -0.05) is 24.2 Å². The van der Waals surface area contributed by atoms with Gasteiger partial charge in [-0.2, -0.15) is 4.31 Å². The van der Waals surface area contributed by atoms with Crippen LogP contribution in [0.25, 0.3) is 0 Å². The molecule has 0 radical (unpaired) electrons. The zero-order chi connectivity index (χ0) is 20.3. The second-order valence-electron chi connectivity index (χ2n) is 6.79. The highest BCUT2D eigenvalue weighted by Crippen LogP contribution is 2.24. The van der Waals surface area contributed by atoms with Gasteiger partial charge in [0.1, 0.15) is 0 Å². The van der Waals surface area contributed by atoms with E-state index in [1.54, 1.807) is 6.92 Å². The van der Waals surface area contributed by atoms with E-state index in [2.05, 4.69) is 10.3 Å². The number of sulfonamides is 1. The molecule has 3 rings (SSSR count). The maximum absolute atomic E-state index is 12.8. The summed E-state index contributed by atoms with van der Waals surface area (Å²) in [7, 11) is -3.54. The first-order valence-corrected chi connectivity index (χ1v) is 11.4. The Hall–Kier alpha value is -2.10. The summed E-state index contributed by atoms with van der Waals surface area (Å²) >= 11 is 1.12. The highest BCUT2D eigenvalue weighted by molar-refractivity contribution is 7.89. The minimum atomic E-state index is -3.54. The SMILES string of the molecule is CC(=O)c1sc(NC(=O)c2ccc(S(=O)(=O)N3CCCCCC3)cc2)nc1C. The number of anilines is 1. The van der Waals surface area contributed by atoms with Gasteiger partial charge in [0.15, 0.2) is 10.9 Å². The third-order valence-corrected chi connectivity index (χ3v) is 7.74. The summed E-state index contributed by atoms with van der Waals surface area (Å²) in [5.74, 6) is -0.499. The van der Waals surface area contributed by atoms with Crippen LogP contribution in [-0.4, -0.2) is 42.5 Å². The van der Waals surface area contributed by atoms with Crippen molar-refractivity contribution in [2.75, 3.05) is 18.4 Å². The van der Waals surface area contributed by atoms with Gasteiger partial charge in [0.25, 0.3) is 5.91 Å². The Kier molecular flexibility index (Phi) is 6.26. The van der Waals surface area contributed by atoms with E-state index in [-0.39, 0.29) is 10.7 Å². The van der Waals surface area contributed by atoms with Crippen molar-refractivity contribution in [1.82, 2.24) is 9.29 Å². The third-order valence-electron chi connectivity index (χ3n) is 4.66. The predicted molar refractivity (Wildman–Crippen MR) is 108 cm³/mol. The smallest absolute Gasteiger partial charge is 0.257 e. The van der Waals surface area contributed by atoms with Gasteiger partial charge < -0.3 is 0 Å². The molecule has 1 N–H and O–H groups in total. The Bertz CT molecular complexity index is 973. The maximum atomic E-state index is 12.8. The van der Waals surface area contributed by atoms with Gasteiger partial charge in [0.2, 0.25) is 10.0 Å². The Morgan fingerprint density at radius 3 is 2.21 bits per heavy atom. The fourth-order valence-electron chi connectivity index (χ4n) is 3.16. The number of amides is 1. The molecule has 0 atom stereocenters. The van der Waals surface area contributed by atoms with Crippen LogP contribution in [0.3, 0.4) is 0 Å². The van der Waals surface area contributed by atoms with Gasteiger partial charge >= 0.3 is 0 Å². The van der Waals surface area contributed by atoms with E-state index in [0.717, 1.165) is 37.0 Å². The van der Waals surface area contributed by atoms with E-state index in [1.807, 2.05) is 0 Å². The monoisotopic (exact) mass is 421 g/mol. The number of carbonyl (C=O) groups excluding carboxylic acids is 2.